The van der Waals surface area contributed by atoms with Gasteiger partial charge in [0.25, 0.3) is 0 Å². The number of benzene rings is 1. The van der Waals surface area contributed by atoms with Crippen molar-refractivity contribution in [1.29, 1.82) is 0 Å². The van der Waals surface area contributed by atoms with E-state index in [0.29, 0.717) is 6.54 Å². The standard InChI is InChI=1S/C16H18F2N2O/c1-11-2-3-15-12(8-11)4-6-19(15)7-5-16(21)20-9-13(17)14(18)10-20/h2-4,6,8,13-14H,5,7,9-10H2,1H3/t13-,14+. The molecule has 0 radical (unpaired) electrons. The minimum atomic E-state index is -1.54. The van der Waals surface area contributed by atoms with Crippen molar-refractivity contribution >= 4 is 16.8 Å². The summed E-state index contributed by atoms with van der Waals surface area (Å²) in [4.78, 5) is 13.3. The van der Waals surface area contributed by atoms with E-state index in [0.717, 1.165) is 10.9 Å². The molecule has 21 heavy (non-hydrogen) atoms. The van der Waals surface area contributed by atoms with Crippen LogP contribution in [0.2, 0.25) is 0 Å². The largest absolute Gasteiger partial charge is 0.347 e. The maximum atomic E-state index is 13.1. The Bertz CT molecular complexity index is 657. The van der Waals surface area contributed by atoms with Gasteiger partial charge in [-0.25, -0.2) is 8.78 Å². The van der Waals surface area contributed by atoms with Gasteiger partial charge in [-0.05, 0) is 30.5 Å². The van der Waals surface area contributed by atoms with Gasteiger partial charge in [0.05, 0.1) is 13.1 Å². The van der Waals surface area contributed by atoms with Gasteiger partial charge < -0.3 is 9.47 Å². The number of aromatic nitrogens is 1. The Morgan fingerprint density at radius 1 is 1.24 bits per heavy atom. The molecule has 1 aliphatic rings. The number of carbonyl (C=O) groups is 1. The predicted molar refractivity (Wildman–Crippen MR) is 77.7 cm³/mol. The van der Waals surface area contributed by atoms with Gasteiger partial charge in [-0.3, -0.25) is 4.79 Å². The first-order valence-corrected chi connectivity index (χ1v) is 7.16. The van der Waals surface area contributed by atoms with E-state index in [1.807, 2.05) is 35.9 Å². The Labute approximate surface area is 122 Å². The Morgan fingerprint density at radius 3 is 2.67 bits per heavy atom. The van der Waals surface area contributed by atoms with E-state index in [4.69, 9.17) is 0 Å². The molecule has 0 bridgehead atoms. The van der Waals surface area contributed by atoms with Crippen molar-refractivity contribution in [1.82, 2.24) is 9.47 Å². The number of rotatable bonds is 3. The molecule has 0 saturated carbocycles. The summed E-state index contributed by atoms with van der Waals surface area (Å²) in [6.45, 7) is 2.32. The molecule has 112 valence electrons. The molecule has 3 rings (SSSR count). The summed E-state index contributed by atoms with van der Waals surface area (Å²) in [6, 6.07) is 8.16. The molecule has 1 fully saturated rings. The number of aryl methyl sites for hydroxylation is 2. The number of hydrogen-bond donors (Lipinski definition) is 0. The van der Waals surface area contributed by atoms with E-state index in [-0.39, 0.29) is 25.4 Å². The van der Waals surface area contributed by atoms with E-state index in [1.165, 1.54) is 10.5 Å². The molecule has 1 saturated heterocycles. The van der Waals surface area contributed by atoms with Crippen molar-refractivity contribution in [3.63, 3.8) is 0 Å². The van der Waals surface area contributed by atoms with Crippen LogP contribution in [0.5, 0.6) is 0 Å². The van der Waals surface area contributed by atoms with Crippen molar-refractivity contribution in [3.8, 4) is 0 Å². The predicted octanol–water partition coefficient (Wildman–Crippen LogP) is 2.86. The Morgan fingerprint density at radius 2 is 1.95 bits per heavy atom. The highest BCUT2D eigenvalue weighted by molar-refractivity contribution is 5.81. The monoisotopic (exact) mass is 292 g/mol. The molecule has 5 heteroatoms. The van der Waals surface area contributed by atoms with E-state index >= 15 is 0 Å². The average molecular weight is 292 g/mol. The third kappa shape index (κ3) is 2.77. The first-order valence-electron chi connectivity index (χ1n) is 7.16. The van der Waals surface area contributed by atoms with Crippen LogP contribution >= 0.6 is 0 Å². The van der Waals surface area contributed by atoms with Crippen molar-refractivity contribution in [2.24, 2.45) is 0 Å². The van der Waals surface area contributed by atoms with Gasteiger partial charge in [-0.15, -0.1) is 0 Å². The molecule has 1 aromatic carbocycles. The van der Waals surface area contributed by atoms with Crippen LogP contribution < -0.4 is 0 Å². The minimum Gasteiger partial charge on any atom is -0.347 e. The third-order valence-corrected chi connectivity index (χ3v) is 4.03. The quantitative estimate of drug-likeness (QED) is 0.854. The van der Waals surface area contributed by atoms with Crippen LogP contribution in [0.3, 0.4) is 0 Å². The molecule has 1 aromatic heterocycles. The number of nitrogens with zero attached hydrogens (tertiary/aromatic N) is 2. The molecule has 0 aliphatic carbocycles. The summed E-state index contributed by atoms with van der Waals surface area (Å²) >= 11 is 0. The van der Waals surface area contributed by atoms with E-state index < -0.39 is 12.3 Å². The Balaban J connectivity index is 1.65. The zero-order chi connectivity index (χ0) is 15.0. The average Bonchev–Trinajstić information content (AvgIpc) is 3.00. The fourth-order valence-electron chi connectivity index (χ4n) is 2.82. The fourth-order valence-corrected chi connectivity index (χ4v) is 2.82. The van der Waals surface area contributed by atoms with Crippen LogP contribution in [-0.4, -0.2) is 40.8 Å². The van der Waals surface area contributed by atoms with Crippen LogP contribution in [-0.2, 0) is 11.3 Å². The number of carbonyl (C=O) groups excluding carboxylic acids is 1. The molecule has 2 atom stereocenters. The highest BCUT2D eigenvalue weighted by atomic mass is 19.2. The molecule has 2 heterocycles. The Hall–Kier alpha value is -1.91. The second-order valence-corrected chi connectivity index (χ2v) is 5.65. The Kier molecular flexibility index (Phi) is 3.66. The lowest BCUT2D eigenvalue weighted by molar-refractivity contribution is -0.130. The molecule has 3 nitrogen and oxygen atoms in total. The van der Waals surface area contributed by atoms with Crippen molar-refractivity contribution in [3.05, 3.63) is 36.0 Å². The first kappa shape index (κ1) is 14.0. The second-order valence-electron chi connectivity index (χ2n) is 5.65. The van der Waals surface area contributed by atoms with E-state index in [2.05, 4.69) is 6.07 Å². The lowest BCUT2D eigenvalue weighted by atomic mass is 10.2. The summed E-state index contributed by atoms with van der Waals surface area (Å²) in [5.74, 6) is -0.188. The van der Waals surface area contributed by atoms with Gasteiger partial charge in [0.15, 0.2) is 12.3 Å². The minimum absolute atomic E-state index is 0.119. The highest BCUT2D eigenvalue weighted by Crippen LogP contribution is 2.20. The summed E-state index contributed by atoms with van der Waals surface area (Å²) in [6.07, 6.45) is -0.873. The third-order valence-electron chi connectivity index (χ3n) is 4.03. The number of hydrogen-bond acceptors (Lipinski definition) is 1. The molecular weight excluding hydrogens is 274 g/mol. The van der Waals surface area contributed by atoms with Gasteiger partial charge in [0.2, 0.25) is 5.91 Å². The van der Waals surface area contributed by atoms with Gasteiger partial charge in [0, 0.05) is 24.7 Å². The number of halogens is 2. The summed E-state index contributed by atoms with van der Waals surface area (Å²) in [7, 11) is 0. The normalized spacial score (nSPS) is 22.1. The highest BCUT2D eigenvalue weighted by Gasteiger charge is 2.35. The SMILES string of the molecule is Cc1ccc2c(ccn2CCC(=O)N2C[C@@H](F)[C@@H](F)C2)c1. The van der Waals surface area contributed by atoms with Crippen LogP contribution in [0.1, 0.15) is 12.0 Å². The molecule has 1 aliphatic heterocycles. The number of alkyl halides is 2. The van der Waals surface area contributed by atoms with Crippen molar-refractivity contribution < 1.29 is 13.6 Å². The van der Waals surface area contributed by atoms with Gasteiger partial charge in [-0.2, -0.15) is 0 Å². The fraction of sp³-hybridized carbons (Fsp3) is 0.438. The molecule has 2 aromatic rings. The van der Waals surface area contributed by atoms with Crippen LogP contribution in [0.15, 0.2) is 30.5 Å². The second kappa shape index (κ2) is 5.47. The number of likely N-dealkylation sites (tertiary alicyclic amines) is 1. The van der Waals surface area contributed by atoms with Crippen molar-refractivity contribution in [2.75, 3.05) is 13.1 Å². The molecular formula is C16H18F2N2O. The van der Waals surface area contributed by atoms with Gasteiger partial charge in [0.1, 0.15) is 0 Å². The van der Waals surface area contributed by atoms with Gasteiger partial charge in [-0.1, -0.05) is 11.6 Å². The molecule has 0 unspecified atom stereocenters. The van der Waals surface area contributed by atoms with E-state index in [9.17, 15) is 13.6 Å². The summed E-state index contributed by atoms with van der Waals surface area (Å²) in [5, 5.41) is 1.14. The molecule has 1 amide bonds. The first-order chi connectivity index (χ1) is 10.0. The number of amides is 1. The van der Waals surface area contributed by atoms with Crippen LogP contribution in [0, 0.1) is 6.92 Å². The van der Waals surface area contributed by atoms with E-state index in [1.54, 1.807) is 0 Å². The maximum Gasteiger partial charge on any atom is 0.224 e. The van der Waals surface area contributed by atoms with Gasteiger partial charge >= 0.3 is 0 Å². The smallest absolute Gasteiger partial charge is 0.224 e. The lowest BCUT2D eigenvalue weighted by Crippen LogP contribution is -2.30. The topological polar surface area (TPSA) is 25.2 Å². The zero-order valence-corrected chi connectivity index (χ0v) is 11.9. The summed E-state index contributed by atoms with van der Waals surface area (Å²) < 4.78 is 28.2. The molecule has 0 N–H and O–H groups in total. The van der Waals surface area contributed by atoms with Crippen molar-refractivity contribution in [2.45, 2.75) is 32.2 Å². The molecule has 0 spiro atoms. The maximum absolute atomic E-state index is 13.1. The van der Waals surface area contributed by atoms with Crippen LogP contribution in [0.4, 0.5) is 8.78 Å². The number of fused-ring (bicyclic) bond motifs is 1. The van der Waals surface area contributed by atoms with Crippen LogP contribution in [0.25, 0.3) is 10.9 Å². The zero-order valence-electron chi connectivity index (χ0n) is 11.9. The lowest BCUT2D eigenvalue weighted by Gasteiger charge is -2.15. The summed E-state index contributed by atoms with van der Waals surface area (Å²) in [5.41, 5.74) is 2.26.